The molecule has 1 heterocycles. The van der Waals surface area contributed by atoms with Crippen LogP contribution in [0.5, 0.6) is 0 Å². The summed E-state index contributed by atoms with van der Waals surface area (Å²) in [6, 6.07) is 9.63. The van der Waals surface area contributed by atoms with E-state index in [0.717, 1.165) is 37.7 Å². The van der Waals surface area contributed by atoms with Gasteiger partial charge in [0.05, 0.1) is 6.04 Å². The van der Waals surface area contributed by atoms with E-state index in [9.17, 15) is 14.4 Å². The van der Waals surface area contributed by atoms with Crippen LogP contribution in [0, 0.1) is 0 Å². The van der Waals surface area contributed by atoms with Gasteiger partial charge in [0.25, 0.3) is 0 Å². The second-order valence-electron chi connectivity index (χ2n) is 7.09. The number of hydrogen-bond acceptors (Lipinski definition) is 3. The molecule has 1 aromatic carbocycles. The third-order valence-electron chi connectivity index (χ3n) is 4.88. The van der Waals surface area contributed by atoms with Crippen molar-refractivity contribution in [3.63, 3.8) is 0 Å². The molecule has 1 fully saturated rings. The molecule has 0 saturated carbocycles. The molecule has 5 heteroatoms. The maximum Gasteiger partial charge on any atom is 0.303 e. The van der Waals surface area contributed by atoms with E-state index in [4.69, 9.17) is 5.11 Å². The van der Waals surface area contributed by atoms with E-state index in [1.165, 1.54) is 0 Å². The van der Waals surface area contributed by atoms with Gasteiger partial charge in [-0.3, -0.25) is 14.4 Å². The van der Waals surface area contributed by atoms with E-state index in [1.807, 2.05) is 41.3 Å². The summed E-state index contributed by atoms with van der Waals surface area (Å²) in [5.41, 5.74) is 0.991. The van der Waals surface area contributed by atoms with Gasteiger partial charge in [0, 0.05) is 25.8 Å². The van der Waals surface area contributed by atoms with Crippen LogP contribution in [0.2, 0.25) is 0 Å². The van der Waals surface area contributed by atoms with E-state index < -0.39 is 5.97 Å². The zero-order chi connectivity index (χ0) is 19.5. The van der Waals surface area contributed by atoms with Gasteiger partial charge in [-0.2, -0.15) is 0 Å². The molecule has 0 bridgehead atoms. The molecule has 1 aliphatic heterocycles. The van der Waals surface area contributed by atoms with E-state index in [1.54, 1.807) is 6.08 Å². The maximum absolute atomic E-state index is 12.3. The van der Waals surface area contributed by atoms with Crippen molar-refractivity contribution in [1.29, 1.82) is 0 Å². The number of carbonyl (C=O) groups excluding carboxylic acids is 2. The highest BCUT2D eigenvalue weighted by Crippen LogP contribution is 2.20. The third-order valence-corrected chi connectivity index (χ3v) is 4.88. The van der Waals surface area contributed by atoms with E-state index in [0.29, 0.717) is 25.8 Å². The number of amides is 1. The Morgan fingerprint density at radius 1 is 1.11 bits per heavy atom. The van der Waals surface area contributed by atoms with Crippen molar-refractivity contribution in [2.45, 2.75) is 63.8 Å². The molecule has 146 valence electrons. The molecule has 0 aromatic heterocycles. The maximum atomic E-state index is 12.3. The number of carbonyl (C=O) groups is 3. The number of nitrogens with zero attached hydrogens (tertiary/aromatic N) is 1. The summed E-state index contributed by atoms with van der Waals surface area (Å²) in [5, 5.41) is 8.65. The Kier molecular flexibility index (Phi) is 8.75. The molecule has 1 aromatic rings. The van der Waals surface area contributed by atoms with Gasteiger partial charge in [-0.1, -0.05) is 49.2 Å². The molecule has 0 radical (unpaired) electrons. The molecule has 1 aliphatic rings. The van der Waals surface area contributed by atoms with Crippen LogP contribution in [-0.4, -0.2) is 40.3 Å². The minimum absolute atomic E-state index is 0.00927. The van der Waals surface area contributed by atoms with Crippen LogP contribution in [0.3, 0.4) is 0 Å². The second-order valence-corrected chi connectivity index (χ2v) is 7.09. The summed E-state index contributed by atoms with van der Waals surface area (Å²) in [6.07, 6.45) is 9.73. The number of rotatable bonds is 11. The number of likely N-dealkylation sites (tertiary alicyclic amines) is 1. The number of allylic oxidation sites excluding steroid dienone is 1. The molecule has 1 amide bonds. The Bertz CT molecular complexity index is 654. The first-order valence-corrected chi connectivity index (χ1v) is 9.82. The summed E-state index contributed by atoms with van der Waals surface area (Å²) in [4.78, 5) is 36.9. The molecule has 2 rings (SSSR count). The number of piperidine rings is 1. The van der Waals surface area contributed by atoms with Crippen LogP contribution in [0.4, 0.5) is 0 Å². The van der Waals surface area contributed by atoms with Crippen LogP contribution >= 0.6 is 0 Å². The second kappa shape index (κ2) is 11.3. The van der Waals surface area contributed by atoms with Crippen LogP contribution in [0.15, 0.2) is 42.5 Å². The number of benzene rings is 1. The van der Waals surface area contributed by atoms with Gasteiger partial charge in [-0.15, -0.1) is 0 Å². The molecule has 0 aliphatic carbocycles. The van der Waals surface area contributed by atoms with Gasteiger partial charge >= 0.3 is 5.97 Å². The van der Waals surface area contributed by atoms with Crippen LogP contribution < -0.4 is 0 Å². The van der Waals surface area contributed by atoms with Crippen molar-refractivity contribution < 1.29 is 19.5 Å². The molecule has 0 spiro atoms. The Balaban J connectivity index is 1.80. The molecule has 1 saturated heterocycles. The van der Waals surface area contributed by atoms with Crippen LogP contribution in [0.25, 0.3) is 0 Å². The van der Waals surface area contributed by atoms with Gasteiger partial charge in [-0.25, -0.2) is 0 Å². The number of hydrogen-bond donors (Lipinski definition) is 1. The van der Waals surface area contributed by atoms with Crippen molar-refractivity contribution in [1.82, 2.24) is 4.90 Å². The third kappa shape index (κ3) is 7.77. The highest BCUT2D eigenvalue weighted by atomic mass is 16.4. The summed E-state index contributed by atoms with van der Waals surface area (Å²) in [7, 11) is 0. The monoisotopic (exact) mass is 371 g/mol. The lowest BCUT2D eigenvalue weighted by Crippen LogP contribution is -2.43. The van der Waals surface area contributed by atoms with Gasteiger partial charge in [0.2, 0.25) is 5.91 Å². The lowest BCUT2D eigenvalue weighted by molar-refractivity contribution is -0.137. The fourth-order valence-corrected chi connectivity index (χ4v) is 3.42. The Morgan fingerprint density at radius 3 is 2.59 bits per heavy atom. The normalized spacial score (nSPS) is 17.4. The number of aliphatic carboxylic acids is 1. The Hall–Kier alpha value is -2.43. The van der Waals surface area contributed by atoms with Crippen molar-refractivity contribution in [3.05, 3.63) is 48.0 Å². The average Bonchev–Trinajstić information content (AvgIpc) is 2.65. The summed E-state index contributed by atoms with van der Waals surface area (Å²) in [5.74, 6) is -0.559. The molecule has 0 unspecified atom stereocenters. The van der Waals surface area contributed by atoms with E-state index in [-0.39, 0.29) is 24.2 Å². The van der Waals surface area contributed by atoms with E-state index in [2.05, 4.69) is 0 Å². The minimum Gasteiger partial charge on any atom is -0.481 e. The quantitative estimate of drug-likeness (QED) is 0.475. The molecular formula is C22H29NO4. The Morgan fingerprint density at radius 2 is 1.85 bits per heavy atom. The zero-order valence-electron chi connectivity index (χ0n) is 15.8. The number of carboxylic acid groups (broad SMARTS) is 1. The average molecular weight is 371 g/mol. The fourth-order valence-electron chi connectivity index (χ4n) is 3.42. The number of ketones is 1. The number of carboxylic acids is 1. The lowest BCUT2D eigenvalue weighted by Gasteiger charge is -2.34. The summed E-state index contributed by atoms with van der Waals surface area (Å²) < 4.78 is 0. The molecule has 1 atom stereocenters. The smallest absolute Gasteiger partial charge is 0.303 e. The molecular weight excluding hydrogens is 342 g/mol. The first kappa shape index (κ1) is 20.9. The van der Waals surface area contributed by atoms with Gasteiger partial charge in [-0.05, 0) is 37.3 Å². The van der Waals surface area contributed by atoms with Crippen LogP contribution in [-0.2, 0) is 20.8 Å². The molecule has 5 nitrogen and oxygen atoms in total. The highest BCUT2D eigenvalue weighted by molar-refractivity contribution is 5.91. The standard InChI is InChI=1S/C22H29NO4/c24-20(17-18-9-4-3-5-10-18)15-14-19-11-8-12-21(25)23(19)16-7-2-1-6-13-22(26)27/h3-5,9-10,14-15,19H,1-2,6-8,11-13,16-17H2,(H,26,27)/t19-/m1/s1. The number of unbranched alkanes of at least 4 members (excludes halogenated alkanes) is 3. The van der Waals surface area contributed by atoms with Gasteiger partial charge in [0.1, 0.15) is 0 Å². The zero-order valence-corrected chi connectivity index (χ0v) is 15.8. The Labute approximate surface area is 161 Å². The fraction of sp³-hybridized carbons (Fsp3) is 0.500. The molecule has 27 heavy (non-hydrogen) atoms. The van der Waals surface area contributed by atoms with Crippen molar-refractivity contribution in [3.8, 4) is 0 Å². The highest BCUT2D eigenvalue weighted by Gasteiger charge is 2.25. The first-order chi connectivity index (χ1) is 13.1. The summed E-state index contributed by atoms with van der Waals surface area (Å²) >= 11 is 0. The minimum atomic E-state index is -0.758. The molecule has 1 N–H and O–H groups in total. The van der Waals surface area contributed by atoms with Gasteiger partial charge in [0.15, 0.2) is 5.78 Å². The topological polar surface area (TPSA) is 74.7 Å². The van der Waals surface area contributed by atoms with E-state index >= 15 is 0 Å². The van der Waals surface area contributed by atoms with Crippen LogP contribution in [0.1, 0.15) is 56.9 Å². The summed E-state index contributed by atoms with van der Waals surface area (Å²) in [6.45, 7) is 0.674. The van der Waals surface area contributed by atoms with Crippen molar-refractivity contribution >= 4 is 17.7 Å². The largest absolute Gasteiger partial charge is 0.481 e. The van der Waals surface area contributed by atoms with Crippen molar-refractivity contribution in [2.75, 3.05) is 6.54 Å². The SMILES string of the molecule is O=C(O)CCCCCCN1C(=O)CCC[C@@H]1C=CC(=O)Cc1ccccc1. The van der Waals surface area contributed by atoms with Gasteiger partial charge < -0.3 is 10.0 Å². The first-order valence-electron chi connectivity index (χ1n) is 9.82. The predicted molar refractivity (Wildman–Crippen MR) is 104 cm³/mol. The van der Waals surface area contributed by atoms with Crippen molar-refractivity contribution in [2.24, 2.45) is 0 Å². The predicted octanol–water partition coefficient (Wildman–Crippen LogP) is 3.77. The lowest BCUT2D eigenvalue weighted by atomic mass is 9.99.